The molecule has 1 N–H and O–H groups in total. The second-order valence-electron chi connectivity index (χ2n) is 7.39. The summed E-state index contributed by atoms with van der Waals surface area (Å²) in [5.74, 6) is -1.22. The number of carbonyl (C=O) groups excluding carboxylic acids is 2. The lowest BCUT2D eigenvalue weighted by molar-refractivity contribution is -0.0342. The zero-order valence-electron chi connectivity index (χ0n) is 17.6. The Morgan fingerprint density at radius 2 is 1.50 bits per heavy atom. The minimum absolute atomic E-state index is 0.174. The summed E-state index contributed by atoms with van der Waals surface area (Å²) in [4.78, 5) is 24.2. The SMILES string of the molecule is CP(C)(=O)CO.O=C(OC[C@H]1OC(Br)[C@@H](F)[C@@H]1OC(=O)c1ccccc1)c1ccccc1. The van der Waals surface area contributed by atoms with Gasteiger partial charge in [0.2, 0.25) is 0 Å². The molecule has 0 radical (unpaired) electrons. The van der Waals surface area contributed by atoms with Crippen LogP contribution in [0.15, 0.2) is 60.7 Å². The quantitative estimate of drug-likeness (QED) is 0.341. The fourth-order valence-corrected chi connectivity index (χ4v) is 3.11. The molecule has 0 saturated carbocycles. The van der Waals surface area contributed by atoms with Gasteiger partial charge in [0.25, 0.3) is 0 Å². The molecule has 32 heavy (non-hydrogen) atoms. The van der Waals surface area contributed by atoms with Crippen molar-refractivity contribution < 1.29 is 37.9 Å². The van der Waals surface area contributed by atoms with Crippen molar-refractivity contribution in [1.29, 1.82) is 0 Å². The minimum Gasteiger partial charge on any atom is -0.459 e. The second kappa shape index (κ2) is 12.3. The number of aliphatic hydroxyl groups is 1. The molecule has 3 rings (SSSR count). The Labute approximate surface area is 194 Å². The Morgan fingerprint density at radius 3 is 1.97 bits per heavy atom. The maximum atomic E-state index is 14.4. The highest BCUT2D eigenvalue weighted by atomic mass is 79.9. The lowest BCUT2D eigenvalue weighted by Crippen LogP contribution is -2.37. The third kappa shape index (κ3) is 8.13. The van der Waals surface area contributed by atoms with Crippen LogP contribution in [0.4, 0.5) is 4.39 Å². The first-order valence-corrected chi connectivity index (χ1v) is 13.4. The number of hydrogen-bond acceptors (Lipinski definition) is 7. The Balaban J connectivity index is 0.000000534. The number of carbonyl (C=O) groups is 2. The molecule has 7 nitrogen and oxygen atoms in total. The molecule has 2 aromatic rings. The van der Waals surface area contributed by atoms with Crippen molar-refractivity contribution in [2.45, 2.75) is 23.4 Å². The van der Waals surface area contributed by atoms with Gasteiger partial charge in [0.15, 0.2) is 12.3 Å². The first kappa shape index (κ1) is 26.2. The summed E-state index contributed by atoms with van der Waals surface area (Å²) >= 11 is 3.05. The fraction of sp³-hybridized carbons (Fsp3) is 0.364. The number of ether oxygens (including phenoxy) is 3. The van der Waals surface area contributed by atoms with E-state index < -0.39 is 42.5 Å². The molecular weight excluding hydrogens is 506 g/mol. The van der Waals surface area contributed by atoms with Crippen molar-refractivity contribution >= 4 is 35.0 Å². The summed E-state index contributed by atoms with van der Waals surface area (Å²) in [5.41, 5.74) is 0.674. The molecule has 0 aromatic heterocycles. The van der Waals surface area contributed by atoms with Crippen molar-refractivity contribution in [2.75, 3.05) is 26.3 Å². The maximum Gasteiger partial charge on any atom is 0.338 e. The molecule has 1 aliphatic heterocycles. The first-order chi connectivity index (χ1) is 15.1. The highest BCUT2D eigenvalue weighted by Gasteiger charge is 2.47. The van der Waals surface area contributed by atoms with Crippen molar-refractivity contribution in [3.05, 3.63) is 71.8 Å². The standard InChI is InChI=1S/C19H16BrFO5.C3H9O2P/c20-17-15(21)16(26-19(23)13-9-5-2-6-10-13)14(25-17)11-24-18(22)12-7-3-1-4-8-12;1-6(2,5)3-4/h1-10,14-17H,11H2;4H,3H2,1-2H3/t14-,15+,16-,17?;/m1./s1. The maximum absolute atomic E-state index is 14.4. The molecule has 1 unspecified atom stereocenters. The predicted octanol–water partition coefficient (Wildman–Crippen LogP) is 4.09. The average molecular weight is 531 g/mol. The lowest BCUT2D eigenvalue weighted by atomic mass is 10.1. The highest BCUT2D eigenvalue weighted by Crippen LogP contribution is 2.33. The van der Waals surface area contributed by atoms with E-state index >= 15 is 0 Å². The summed E-state index contributed by atoms with van der Waals surface area (Å²) in [5, 5.41) is 7.19. The van der Waals surface area contributed by atoms with Crippen molar-refractivity contribution in [1.82, 2.24) is 0 Å². The van der Waals surface area contributed by atoms with E-state index in [0.717, 1.165) is 0 Å². The van der Waals surface area contributed by atoms with Crippen molar-refractivity contribution in [3.8, 4) is 0 Å². The lowest BCUT2D eigenvalue weighted by Gasteiger charge is -2.19. The number of alkyl halides is 2. The predicted molar refractivity (Wildman–Crippen MR) is 121 cm³/mol. The van der Waals surface area contributed by atoms with Crippen LogP contribution in [0.5, 0.6) is 0 Å². The van der Waals surface area contributed by atoms with Crippen LogP contribution in [0.2, 0.25) is 0 Å². The molecule has 1 saturated heterocycles. The van der Waals surface area contributed by atoms with E-state index in [4.69, 9.17) is 19.3 Å². The van der Waals surface area contributed by atoms with Crippen LogP contribution < -0.4 is 0 Å². The van der Waals surface area contributed by atoms with Crippen LogP contribution in [-0.2, 0) is 18.8 Å². The highest BCUT2D eigenvalue weighted by molar-refractivity contribution is 9.09. The van der Waals surface area contributed by atoms with E-state index in [1.807, 2.05) is 0 Å². The molecule has 10 heteroatoms. The molecule has 4 atom stereocenters. The minimum atomic E-state index is -2.09. The van der Waals surface area contributed by atoms with Gasteiger partial charge in [-0.3, -0.25) is 0 Å². The van der Waals surface area contributed by atoms with E-state index in [9.17, 15) is 18.5 Å². The van der Waals surface area contributed by atoms with Gasteiger partial charge in [-0.2, -0.15) is 0 Å². The summed E-state index contributed by atoms with van der Waals surface area (Å²) in [6, 6.07) is 16.7. The zero-order valence-corrected chi connectivity index (χ0v) is 20.1. The monoisotopic (exact) mass is 530 g/mol. The fourth-order valence-electron chi connectivity index (χ4n) is 2.53. The van der Waals surface area contributed by atoms with Crippen molar-refractivity contribution in [2.24, 2.45) is 0 Å². The topological polar surface area (TPSA) is 99.1 Å². The molecule has 1 fully saturated rings. The molecule has 0 amide bonds. The van der Waals surface area contributed by atoms with Gasteiger partial charge in [0.1, 0.15) is 24.9 Å². The number of hydrogen-bond donors (Lipinski definition) is 1. The summed E-state index contributed by atoms with van der Waals surface area (Å²) < 4.78 is 40.5. The molecule has 174 valence electrons. The molecule has 2 aromatic carbocycles. The molecule has 0 spiro atoms. The van der Waals surface area contributed by atoms with Crippen molar-refractivity contribution in [3.63, 3.8) is 0 Å². The van der Waals surface area contributed by atoms with Gasteiger partial charge in [0, 0.05) is 0 Å². The molecule has 0 aliphatic carbocycles. The number of esters is 2. The van der Waals surface area contributed by atoms with Gasteiger partial charge < -0.3 is 23.9 Å². The number of benzene rings is 2. The normalized spacial score (nSPS) is 22.4. The van der Waals surface area contributed by atoms with Crippen LogP contribution in [0.3, 0.4) is 0 Å². The zero-order chi connectivity index (χ0) is 23.7. The summed E-state index contributed by atoms with van der Waals surface area (Å²) in [6.07, 6.45) is -3.85. The number of rotatable bonds is 6. The Kier molecular flexibility index (Phi) is 10.0. The Bertz CT molecular complexity index is 922. The first-order valence-electron chi connectivity index (χ1n) is 9.69. The molecule has 1 heterocycles. The van der Waals surface area contributed by atoms with E-state index in [1.165, 1.54) is 0 Å². The smallest absolute Gasteiger partial charge is 0.338 e. The van der Waals surface area contributed by atoms with Gasteiger partial charge >= 0.3 is 11.9 Å². The molecule has 1 aliphatic rings. The van der Waals surface area contributed by atoms with Crippen LogP contribution in [-0.4, -0.2) is 66.7 Å². The van der Waals surface area contributed by atoms with Gasteiger partial charge in [-0.05, 0) is 37.6 Å². The summed E-state index contributed by atoms with van der Waals surface area (Å²) in [7, 11) is -2.09. The van der Waals surface area contributed by atoms with E-state index in [0.29, 0.717) is 11.1 Å². The molecule has 0 bridgehead atoms. The summed E-state index contributed by atoms with van der Waals surface area (Å²) in [6.45, 7) is 2.86. The van der Waals surface area contributed by atoms with Gasteiger partial charge in [-0.25, -0.2) is 14.0 Å². The number of aliphatic hydroxyl groups excluding tert-OH is 1. The van der Waals surface area contributed by atoms with Crippen LogP contribution in [0.25, 0.3) is 0 Å². The van der Waals surface area contributed by atoms with Gasteiger partial charge in [-0.1, -0.05) is 52.3 Å². The second-order valence-corrected chi connectivity index (χ2v) is 11.7. The van der Waals surface area contributed by atoms with Crippen LogP contribution in [0, 0.1) is 0 Å². The van der Waals surface area contributed by atoms with Crippen LogP contribution in [0.1, 0.15) is 20.7 Å². The third-order valence-electron chi connectivity index (χ3n) is 4.22. The van der Waals surface area contributed by atoms with E-state index in [2.05, 4.69) is 15.9 Å². The van der Waals surface area contributed by atoms with Gasteiger partial charge in [0.05, 0.1) is 17.5 Å². The van der Waals surface area contributed by atoms with Crippen LogP contribution >= 0.6 is 23.1 Å². The van der Waals surface area contributed by atoms with Gasteiger partial charge in [-0.15, -0.1) is 0 Å². The van der Waals surface area contributed by atoms with E-state index in [-0.39, 0.29) is 13.0 Å². The Hall–Kier alpha value is -2.06. The number of halogens is 2. The molecular formula is C22H25BrFO7P. The third-order valence-corrected chi connectivity index (χ3v) is 5.62. The average Bonchev–Trinajstić information content (AvgIpc) is 3.06. The Morgan fingerprint density at radius 1 is 1.03 bits per heavy atom. The largest absolute Gasteiger partial charge is 0.459 e. The van der Waals surface area contributed by atoms with E-state index in [1.54, 1.807) is 74.0 Å².